The summed E-state index contributed by atoms with van der Waals surface area (Å²) in [7, 11) is 2.12. The lowest BCUT2D eigenvalue weighted by Gasteiger charge is -2.45. The number of carbonyl (C=O) groups is 1. The largest absolute Gasteiger partial charge is 0.366 e. The molecule has 118 valence electrons. The fraction of sp³-hybridized carbons (Fsp3) is 0.350. The fourth-order valence-corrected chi connectivity index (χ4v) is 4.53. The lowest BCUT2D eigenvalue weighted by atomic mass is 9.69. The minimum atomic E-state index is -0.443. The van der Waals surface area contributed by atoms with Crippen LogP contribution in [0.5, 0.6) is 0 Å². The van der Waals surface area contributed by atoms with Gasteiger partial charge >= 0.3 is 0 Å². The van der Waals surface area contributed by atoms with E-state index in [9.17, 15) is 4.79 Å². The molecule has 2 aliphatic rings. The van der Waals surface area contributed by atoms with Crippen LogP contribution >= 0.6 is 0 Å². The summed E-state index contributed by atoms with van der Waals surface area (Å²) in [6.45, 7) is 4.34. The highest BCUT2D eigenvalue weighted by atomic mass is 16.2. The van der Waals surface area contributed by atoms with Gasteiger partial charge in [-0.25, -0.2) is 0 Å². The molecule has 3 atom stereocenters. The molecule has 0 fully saturated rings. The zero-order chi connectivity index (χ0) is 16.2. The summed E-state index contributed by atoms with van der Waals surface area (Å²) in [6.07, 6.45) is 0.846. The number of fused-ring (bicyclic) bond motifs is 4. The van der Waals surface area contributed by atoms with Crippen molar-refractivity contribution < 1.29 is 4.79 Å². The second-order valence-corrected chi connectivity index (χ2v) is 7.14. The highest BCUT2D eigenvalue weighted by molar-refractivity contribution is 6.00. The fourth-order valence-electron chi connectivity index (χ4n) is 4.53. The second-order valence-electron chi connectivity index (χ2n) is 7.14. The Balaban J connectivity index is 1.97. The van der Waals surface area contributed by atoms with Crippen molar-refractivity contribution in [3.05, 3.63) is 59.7 Å². The molecule has 3 heteroatoms. The van der Waals surface area contributed by atoms with Gasteiger partial charge in [0.1, 0.15) is 0 Å². The molecule has 0 saturated carbocycles. The van der Waals surface area contributed by atoms with Crippen molar-refractivity contribution in [1.29, 1.82) is 0 Å². The molecular formula is C20H22N2O. The quantitative estimate of drug-likeness (QED) is 0.785. The maximum absolute atomic E-state index is 13.0. The molecule has 2 heterocycles. The first kappa shape index (κ1) is 14.3. The Labute approximate surface area is 137 Å². The SMILES string of the molecule is C[C@H]1C[C@@]2(C)C(=O)Nc3ccccc3[C@H]2N(C)c2ccccc21. The van der Waals surface area contributed by atoms with Gasteiger partial charge in [0.2, 0.25) is 5.91 Å². The summed E-state index contributed by atoms with van der Waals surface area (Å²) in [5.74, 6) is 0.479. The highest BCUT2D eigenvalue weighted by Gasteiger charge is 2.51. The first-order valence-electron chi connectivity index (χ1n) is 8.24. The summed E-state index contributed by atoms with van der Waals surface area (Å²) in [5.41, 5.74) is 4.27. The molecule has 0 unspecified atom stereocenters. The number of hydrogen-bond acceptors (Lipinski definition) is 2. The van der Waals surface area contributed by atoms with Crippen molar-refractivity contribution >= 4 is 17.3 Å². The standard InChI is InChI=1S/C20H22N2O/c1-13-12-20(2)18(22(3)17-11-7-5-8-14(13)17)15-9-4-6-10-16(15)21-19(20)23/h4-11,13,18H,12H2,1-3H3,(H,21,23)/t13-,18+,20+/m0/s1. The van der Waals surface area contributed by atoms with E-state index in [1.807, 2.05) is 12.1 Å². The molecule has 23 heavy (non-hydrogen) atoms. The molecule has 2 aromatic carbocycles. The van der Waals surface area contributed by atoms with Crippen LogP contribution in [0, 0.1) is 5.41 Å². The van der Waals surface area contributed by atoms with Crippen LogP contribution in [-0.4, -0.2) is 13.0 Å². The van der Waals surface area contributed by atoms with Gasteiger partial charge in [-0.15, -0.1) is 0 Å². The summed E-state index contributed by atoms with van der Waals surface area (Å²) in [6, 6.07) is 16.8. The topological polar surface area (TPSA) is 32.3 Å². The van der Waals surface area contributed by atoms with Gasteiger partial charge < -0.3 is 10.2 Å². The molecular weight excluding hydrogens is 284 g/mol. The number of rotatable bonds is 0. The van der Waals surface area contributed by atoms with Gasteiger partial charge in [0.15, 0.2) is 0 Å². The first-order valence-corrected chi connectivity index (χ1v) is 8.24. The summed E-state index contributed by atoms with van der Waals surface area (Å²) < 4.78 is 0. The van der Waals surface area contributed by atoms with Gasteiger partial charge in [-0.1, -0.05) is 43.3 Å². The van der Waals surface area contributed by atoms with E-state index in [1.54, 1.807) is 0 Å². The molecule has 2 aromatic rings. The van der Waals surface area contributed by atoms with Crippen LogP contribution in [0.1, 0.15) is 43.4 Å². The average Bonchev–Trinajstić information content (AvgIpc) is 2.63. The van der Waals surface area contributed by atoms with Gasteiger partial charge in [0.25, 0.3) is 0 Å². The molecule has 4 rings (SSSR count). The van der Waals surface area contributed by atoms with E-state index < -0.39 is 5.41 Å². The third kappa shape index (κ3) is 1.92. The lowest BCUT2D eigenvalue weighted by Crippen LogP contribution is -2.48. The van der Waals surface area contributed by atoms with Crippen LogP contribution in [0.3, 0.4) is 0 Å². The number of anilines is 2. The van der Waals surface area contributed by atoms with E-state index in [0.29, 0.717) is 5.92 Å². The van der Waals surface area contributed by atoms with Crippen molar-refractivity contribution in [2.75, 3.05) is 17.3 Å². The molecule has 3 nitrogen and oxygen atoms in total. The molecule has 2 aliphatic heterocycles. The number of carbonyl (C=O) groups excluding carboxylic acids is 1. The Hall–Kier alpha value is -2.29. The Morgan fingerprint density at radius 1 is 1.09 bits per heavy atom. The number of nitrogens with one attached hydrogen (secondary N) is 1. The molecule has 0 radical (unpaired) electrons. The van der Waals surface area contributed by atoms with Gasteiger partial charge in [-0.05, 0) is 42.5 Å². The van der Waals surface area contributed by atoms with E-state index in [1.165, 1.54) is 16.8 Å². The van der Waals surface area contributed by atoms with Crippen LogP contribution < -0.4 is 10.2 Å². The van der Waals surface area contributed by atoms with E-state index in [0.717, 1.165) is 12.1 Å². The van der Waals surface area contributed by atoms with Gasteiger partial charge in [-0.3, -0.25) is 4.79 Å². The maximum Gasteiger partial charge on any atom is 0.232 e. The minimum absolute atomic E-state index is 0.0542. The number of para-hydroxylation sites is 2. The number of benzene rings is 2. The van der Waals surface area contributed by atoms with Crippen LogP contribution in [0.2, 0.25) is 0 Å². The number of nitrogens with zero attached hydrogens (tertiary/aromatic N) is 1. The second kappa shape index (κ2) is 4.85. The molecule has 0 aliphatic carbocycles. The van der Waals surface area contributed by atoms with E-state index >= 15 is 0 Å². The van der Waals surface area contributed by atoms with Crippen molar-refractivity contribution in [2.24, 2.45) is 5.41 Å². The zero-order valence-electron chi connectivity index (χ0n) is 13.8. The van der Waals surface area contributed by atoms with Crippen molar-refractivity contribution in [1.82, 2.24) is 0 Å². The predicted octanol–water partition coefficient (Wildman–Crippen LogP) is 4.33. The van der Waals surface area contributed by atoms with E-state index in [2.05, 4.69) is 67.5 Å². The number of amides is 1. The van der Waals surface area contributed by atoms with Crippen molar-refractivity contribution in [3.8, 4) is 0 Å². The van der Waals surface area contributed by atoms with Gasteiger partial charge in [-0.2, -0.15) is 0 Å². The van der Waals surface area contributed by atoms with Crippen molar-refractivity contribution in [2.45, 2.75) is 32.2 Å². The molecule has 0 spiro atoms. The normalized spacial score (nSPS) is 29.0. The van der Waals surface area contributed by atoms with Crippen LogP contribution in [-0.2, 0) is 4.79 Å². The highest BCUT2D eigenvalue weighted by Crippen LogP contribution is 2.54. The smallest absolute Gasteiger partial charge is 0.232 e. The summed E-state index contributed by atoms with van der Waals surface area (Å²) in [4.78, 5) is 15.3. The average molecular weight is 306 g/mol. The Morgan fingerprint density at radius 3 is 2.52 bits per heavy atom. The molecule has 1 amide bonds. The van der Waals surface area contributed by atoms with Crippen LogP contribution in [0.4, 0.5) is 11.4 Å². The third-order valence-electron chi connectivity index (χ3n) is 5.59. The molecule has 0 bridgehead atoms. The maximum atomic E-state index is 13.0. The minimum Gasteiger partial charge on any atom is -0.366 e. The summed E-state index contributed by atoms with van der Waals surface area (Å²) >= 11 is 0. The number of hydrogen-bond donors (Lipinski definition) is 1. The van der Waals surface area contributed by atoms with Gasteiger partial charge in [0, 0.05) is 18.4 Å². The Morgan fingerprint density at radius 2 is 1.74 bits per heavy atom. The van der Waals surface area contributed by atoms with E-state index in [-0.39, 0.29) is 11.9 Å². The molecule has 0 saturated heterocycles. The first-order chi connectivity index (χ1) is 11.0. The Kier molecular flexibility index (Phi) is 3.02. The predicted molar refractivity (Wildman–Crippen MR) is 93.8 cm³/mol. The lowest BCUT2D eigenvalue weighted by molar-refractivity contribution is -0.127. The third-order valence-corrected chi connectivity index (χ3v) is 5.59. The van der Waals surface area contributed by atoms with Crippen molar-refractivity contribution in [3.63, 3.8) is 0 Å². The molecule has 0 aromatic heterocycles. The molecule has 1 N–H and O–H groups in total. The monoisotopic (exact) mass is 306 g/mol. The zero-order valence-corrected chi connectivity index (χ0v) is 13.8. The van der Waals surface area contributed by atoms with Crippen LogP contribution in [0.25, 0.3) is 0 Å². The van der Waals surface area contributed by atoms with Gasteiger partial charge in [0.05, 0.1) is 11.5 Å². The Bertz CT molecular complexity index is 785. The van der Waals surface area contributed by atoms with E-state index in [4.69, 9.17) is 0 Å². The van der Waals surface area contributed by atoms with Crippen LogP contribution in [0.15, 0.2) is 48.5 Å². The summed E-state index contributed by atoms with van der Waals surface area (Å²) in [5, 5.41) is 3.13.